The molecule has 1 aromatic carbocycles. The second-order valence-electron chi connectivity index (χ2n) is 4.62. The van der Waals surface area contributed by atoms with Crippen LogP contribution in [0, 0.1) is 0 Å². The molecule has 0 radical (unpaired) electrons. The van der Waals surface area contributed by atoms with Crippen molar-refractivity contribution in [2.24, 2.45) is 0 Å². The molecular weight excluding hydrogens is 218 g/mol. The Bertz CT molecular complexity index is 411. The first kappa shape index (κ1) is 11.9. The zero-order valence-electron chi connectivity index (χ0n) is 9.65. The molecule has 0 saturated heterocycles. The summed E-state index contributed by atoms with van der Waals surface area (Å²) in [6.07, 6.45) is 3.92. The van der Waals surface area contributed by atoms with E-state index in [0.717, 1.165) is 25.7 Å². The second kappa shape index (κ2) is 4.75. The van der Waals surface area contributed by atoms with Crippen LogP contribution in [0.2, 0.25) is 0 Å². The summed E-state index contributed by atoms with van der Waals surface area (Å²) < 4.78 is 0. The average Bonchev–Trinajstić information content (AvgIpc) is 2.79. The van der Waals surface area contributed by atoms with Gasteiger partial charge in [0.25, 0.3) is 0 Å². The Hall–Kier alpha value is -1.55. The third-order valence-corrected chi connectivity index (χ3v) is 3.42. The smallest absolute Gasteiger partial charge is 0.337 e. The molecule has 1 saturated carbocycles. The number of benzene rings is 1. The van der Waals surface area contributed by atoms with Gasteiger partial charge < -0.3 is 15.5 Å². The van der Waals surface area contributed by atoms with E-state index < -0.39 is 5.97 Å². The normalized spacial score (nSPS) is 17.9. The highest BCUT2D eigenvalue weighted by Crippen LogP contribution is 2.33. The monoisotopic (exact) mass is 235 g/mol. The molecule has 0 spiro atoms. The molecule has 17 heavy (non-hydrogen) atoms. The van der Waals surface area contributed by atoms with Gasteiger partial charge in [0.2, 0.25) is 0 Å². The maximum atomic E-state index is 11.1. The first-order valence-electron chi connectivity index (χ1n) is 5.88. The number of aliphatic hydroxyl groups excluding tert-OH is 1. The Morgan fingerprint density at radius 1 is 1.29 bits per heavy atom. The zero-order valence-corrected chi connectivity index (χ0v) is 9.65. The van der Waals surface area contributed by atoms with E-state index >= 15 is 0 Å². The van der Waals surface area contributed by atoms with E-state index in [-0.39, 0.29) is 17.7 Å². The van der Waals surface area contributed by atoms with Gasteiger partial charge in [0.1, 0.15) is 0 Å². The molecule has 92 valence electrons. The molecule has 0 aliphatic heterocycles. The van der Waals surface area contributed by atoms with Gasteiger partial charge in [-0.3, -0.25) is 0 Å². The maximum Gasteiger partial charge on any atom is 0.337 e. The highest BCUT2D eigenvalue weighted by atomic mass is 16.4. The molecule has 0 atom stereocenters. The van der Waals surface area contributed by atoms with Gasteiger partial charge in [0, 0.05) is 5.69 Å². The standard InChI is InChI=1S/C13H17NO3/c15-9-13(7-3-4-8-13)14-11-6-2-1-5-10(11)12(16)17/h1-2,5-6,14-15H,3-4,7-9H2,(H,16,17). The van der Waals surface area contributed by atoms with Crippen molar-refractivity contribution in [3.05, 3.63) is 29.8 Å². The van der Waals surface area contributed by atoms with Crippen LogP contribution in [-0.2, 0) is 0 Å². The Morgan fingerprint density at radius 3 is 2.53 bits per heavy atom. The van der Waals surface area contributed by atoms with Gasteiger partial charge in [-0.1, -0.05) is 25.0 Å². The third-order valence-electron chi connectivity index (χ3n) is 3.42. The fourth-order valence-corrected chi connectivity index (χ4v) is 2.44. The van der Waals surface area contributed by atoms with Gasteiger partial charge in [-0.25, -0.2) is 4.79 Å². The van der Waals surface area contributed by atoms with E-state index in [1.54, 1.807) is 24.3 Å². The van der Waals surface area contributed by atoms with Crippen LogP contribution in [-0.4, -0.2) is 28.3 Å². The average molecular weight is 235 g/mol. The summed E-state index contributed by atoms with van der Waals surface area (Å²) in [4.78, 5) is 11.1. The summed E-state index contributed by atoms with van der Waals surface area (Å²) in [5.74, 6) is -0.945. The highest BCUT2D eigenvalue weighted by Gasteiger charge is 2.33. The second-order valence-corrected chi connectivity index (χ2v) is 4.62. The Morgan fingerprint density at radius 2 is 1.94 bits per heavy atom. The molecule has 3 N–H and O–H groups in total. The fraction of sp³-hybridized carbons (Fsp3) is 0.462. The molecule has 4 nitrogen and oxygen atoms in total. The molecule has 2 rings (SSSR count). The minimum absolute atomic E-state index is 0.0426. The Balaban J connectivity index is 2.26. The molecule has 4 heteroatoms. The SMILES string of the molecule is O=C(O)c1ccccc1NC1(CO)CCCC1. The number of aromatic carboxylic acids is 1. The topological polar surface area (TPSA) is 69.6 Å². The van der Waals surface area contributed by atoms with Crippen LogP contribution in [0.4, 0.5) is 5.69 Å². The lowest BCUT2D eigenvalue weighted by atomic mass is 9.97. The molecule has 1 aliphatic carbocycles. The quantitative estimate of drug-likeness (QED) is 0.747. The lowest BCUT2D eigenvalue weighted by Crippen LogP contribution is -2.39. The van der Waals surface area contributed by atoms with Crippen LogP contribution in [0.3, 0.4) is 0 Å². The first-order valence-corrected chi connectivity index (χ1v) is 5.88. The van der Waals surface area contributed by atoms with Crippen molar-refractivity contribution >= 4 is 11.7 Å². The van der Waals surface area contributed by atoms with E-state index in [9.17, 15) is 9.90 Å². The number of rotatable bonds is 4. The lowest BCUT2D eigenvalue weighted by Gasteiger charge is -2.29. The van der Waals surface area contributed by atoms with Gasteiger partial charge in [0.15, 0.2) is 0 Å². The molecule has 0 heterocycles. The summed E-state index contributed by atoms with van der Waals surface area (Å²) in [5, 5.41) is 21.8. The molecule has 0 unspecified atom stereocenters. The zero-order chi connectivity index (χ0) is 12.3. The Labute approximate surface area is 100 Å². The van der Waals surface area contributed by atoms with Gasteiger partial charge >= 0.3 is 5.97 Å². The van der Waals surface area contributed by atoms with Gasteiger partial charge in [-0.15, -0.1) is 0 Å². The van der Waals surface area contributed by atoms with E-state index in [1.807, 2.05) is 0 Å². The maximum absolute atomic E-state index is 11.1. The van der Waals surface area contributed by atoms with Gasteiger partial charge in [-0.2, -0.15) is 0 Å². The van der Waals surface area contributed by atoms with E-state index in [2.05, 4.69) is 5.32 Å². The molecule has 1 fully saturated rings. The van der Waals surface area contributed by atoms with E-state index in [4.69, 9.17) is 5.11 Å². The van der Waals surface area contributed by atoms with Crippen molar-refractivity contribution in [3.63, 3.8) is 0 Å². The summed E-state index contributed by atoms with van der Waals surface area (Å²) >= 11 is 0. The summed E-state index contributed by atoms with van der Waals surface area (Å²) in [7, 11) is 0. The van der Waals surface area contributed by atoms with Crippen molar-refractivity contribution < 1.29 is 15.0 Å². The van der Waals surface area contributed by atoms with Crippen LogP contribution >= 0.6 is 0 Å². The summed E-state index contributed by atoms with van der Waals surface area (Å²) in [6.45, 7) is 0.0426. The first-order chi connectivity index (χ1) is 8.17. The minimum atomic E-state index is -0.945. The van der Waals surface area contributed by atoms with Crippen molar-refractivity contribution in [3.8, 4) is 0 Å². The van der Waals surface area contributed by atoms with E-state index in [0.29, 0.717) is 5.69 Å². The summed E-state index contributed by atoms with van der Waals surface area (Å²) in [5.41, 5.74) is 0.508. The minimum Gasteiger partial charge on any atom is -0.478 e. The number of nitrogens with one attached hydrogen (secondary N) is 1. The molecule has 0 amide bonds. The molecule has 0 bridgehead atoms. The third kappa shape index (κ3) is 2.42. The number of carboxylic acids is 1. The molecule has 1 aliphatic rings. The largest absolute Gasteiger partial charge is 0.478 e. The number of carboxylic acid groups (broad SMARTS) is 1. The number of para-hydroxylation sites is 1. The number of hydrogen-bond acceptors (Lipinski definition) is 3. The van der Waals surface area contributed by atoms with Crippen LogP contribution in [0.1, 0.15) is 36.0 Å². The van der Waals surface area contributed by atoms with Crippen molar-refractivity contribution in [2.45, 2.75) is 31.2 Å². The van der Waals surface area contributed by atoms with Gasteiger partial charge in [-0.05, 0) is 25.0 Å². The number of anilines is 1. The predicted molar refractivity (Wildman–Crippen MR) is 65.3 cm³/mol. The van der Waals surface area contributed by atoms with E-state index in [1.165, 1.54) is 0 Å². The Kier molecular flexibility index (Phi) is 3.33. The van der Waals surface area contributed by atoms with Crippen molar-refractivity contribution in [1.82, 2.24) is 0 Å². The van der Waals surface area contributed by atoms with Crippen LogP contribution in [0.5, 0.6) is 0 Å². The van der Waals surface area contributed by atoms with Crippen LogP contribution in [0.25, 0.3) is 0 Å². The molecular formula is C13H17NO3. The highest BCUT2D eigenvalue weighted by molar-refractivity contribution is 5.94. The number of aliphatic hydroxyl groups is 1. The number of hydrogen-bond donors (Lipinski definition) is 3. The van der Waals surface area contributed by atoms with Gasteiger partial charge in [0.05, 0.1) is 17.7 Å². The molecule has 1 aromatic rings. The predicted octanol–water partition coefficient (Wildman–Crippen LogP) is 2.10. The van der Waals surface area contributed by atoms with Crippen molar-refractivity contribution in [2.75, 3.05) is 11.9 Å². The molecule has 0 aromatic heterocycles. The fourth-order valence-electron chi connectivity index (χ4n) is 2.44. The number of carbonyl (C=O) groups is 1. The van der Waals surface area contributed by atoms with Crippen LogP contribution in [0.15, 0.2) is 24.3 Å². The van der Waals surface area contributed by atoms with Crippen molar-refractivity contribution in [1.29, 1.82) is 0 Å². The van der Waals surface area contributed by atoms with Crippen LogP contribution < -0.4 is 5.32 Å². The summed E-state index contributed by atoms with van der Waals surface area (Å²) in [6, 6.07) is 6.83. The lowest BCUT2D eigenvalue weighted by molar-refractivity contribution is 0.0697.